The van der Waals surface area contributed by atoms with Crippen LogP contribution in [-0.4, -0.2) is 0 Å². The minimum absolute atomic E-state index is 1.07. The normalized spacial score (nSPS) is 66.0. The van der Waals surface area contributed by atoms with E-state index in [2.05, 4.69) is 13.8 Å². The minimum Gasteiger partial charge on any atom is -0.0622 e. The van der Waals surface area contributed by atoms with Crippen LogP contribution in [0.25, 0.3) is 0 Å². The summed E-state index contributed by atoms with van der Waals surface area (Å²) < 4.78 is 0. The zero-order valence-corrected chi connectivity index (χ0v) is 7.59. The average molecular weight is 150 g/mol. The molecule has 0 bridgehead atoms. The van der Waals surface area contributed by atoms with Crippen molar-refractivity contribution in [1.29, 1.82) is 0 Å². The maximum Gasteiger partial charge on any atom is -0.0321 e. The van der Waals surface area contributed by atoms with Gasteiger partial charge in [-0.15, -0.1) is 0 Å². The van der Waals surface area contributed by atoms with Gasteiger partial charge >= 0.3 is 0 Å². The first-order chi connectivity index (χ1) is 5.29. The smallest absolute Gasteiger partial charge is 0.0321 e. The molecule has 0 heterocycles. The summed E-state index contributed by atoms with van der Waals surface area (Å²) in [7, 11) is 0. The standard InChI is InChI=1S/C11H18/c1-6-5-8-3-4-9-7(2)10(6)11(8)9/h6-11H,3-5H2,1-2H3. The fourth-order valence-electron chi connectivity index (χ4n) is 4.65. The van der Waals surface area contributed by atoms with Crippen molar-refractivity contribution < 1.29 is 0 Å². The number of rotatable bonds is 0. The van der Waals surface area contributed by atoms with Crippen molar-refractivity contribution in [1.82, 2.24) is 0 Å². The van der Waals surface area contributed by atoms with Crippen LogP contribution in [-0.2, 0) is 0 Å². The van der Waals surface area contributed by atoms with Crippen molar-refractivity contribution in [3.8, 4) is 0 Å². The molecule has 0 aromatic heterocycles. The Labute approximate surface area is 69.4 Å². The van der Waals surface area contributed by atoms with Gasteiger partial charge in [-0.3, -0.25) is 0 Å². The molecule has 3 aliphatic carbocycles. The molecule has 0 radical (unpaired) electrons. The van der Waals surface area contributed by atoms with Crippen LogP contribution in [0.4, 0.5) is 0 Å². The van der Waals surface area contributed by atoms with Crippen LogP contribution in [0.1, 0.15) is 33.1 Å². The van der Waals surface area contributed by atoms with E-state index in [0.29, 0.717) is 0 Å². The molecule has 62 valence electrons. The van der Waals surface area contributed by atoms with Gasteiger partial charge in [-0.05, 0) is 54.8 Å². The van der Waals surface area contributed by atoms with Crippen LogP contribution >= 0.6 is 0 Å². The van der Waals surface area contributed by atoms with Crippen LogP contribution in [0.5, 0.6) is 0 Å². The Morgan fingerprint density at radius 3 is 2.64 bits per heavy atom. The van der Waals surface area contributed by atoms with Gasteiger partial charge in [-0.1, -0.05) is 13.8 Å². The SMILES string of the molecule is CC1CC2CCC3C(C)C1C23. The van der Waals surface area contributed by atoms with E-state index in [4.69, 9.17) is 0 Å². The van der Waals surface area contributed by atoms with Crippen molar-refractivity contribution >= 4 is 0 Å². The Kier molecular flexibility index (Phi) is 1.09. The van der Waals surface area contributed by atoms with Crippen LogP contribution in [0.3, 0.4) is 0 Å². The maximum atomic E-state index is 2.50. The first-order valence-electron chi connectivity index (χ1n) is 5.29. The summed E-state index contributed by atoms with van der Waals surface area (Å²) in [5.41, 5.74) is 0. The van der Waals surface area contributed by atoms with Gasteiger partial charge in [0.25, 0.3) is 0 Å². The Balaban J connectivity index is 1.93. The molecule has 0 spiro atoms. The summed E-state index contributed by atoms with van der Waals surface area (Å²) >= 11 is 0. The lowest BCUT2D eigenvalue weighted by Gasteiger charge is -2.47. The summed E-state index contributed by atoms with van der Waals surface area (Å²) in [4.78, 5) is 0. The molecule has 3 aliphatic rings. The maximum absolute atomic E-state index is 2.50. The van der Waals surface area contributed by atoms with E-state index in [-0.39, 0.29) is 0 Å². The molecular formula is C11H18. The summed E-state index contributed by atoms with van der Waals surface area (Å²) in [6, 6.07) is 0. The van der Waals surface area contributed by atoms with Gasteiger partial charge in [0.05, 0.1) is 0 Å². The van der Waals surface area contributed by atoms with Crippen molar-refractivity contribution in [3.05, 3.63) is 0 Å². The van der Waals surface area contributed by atoms with Crippen molar-refractivity contribution in [3.63, 3.8) is 0 Å². The van der Waals surface area contributed by atoms with Gasteiger partial charge in [0, 0.05) is 0 Å². The fraction of sp³-hybridized carbons (Fsp3) is 1.00. The zero-order chi connectivity index (χ0) is 7.59. The third-order valence-electron chi connectivity index (χ3n) is 4.97. The Morgan fingerprint density at radius 2 is 1.82 bits per heavy atom. The lowest BCUT2D eigenvalue weighted by atomic mass is 9.58. The number of hydrogen-bond acceptors (Lipinski definition) is 0. The lowest BCUT2D eigenvalue weighted by molar-refractivity contribution is 0.00584. The van der Waals surface area contributed by atoms with Crippen LogP contribution in [0, 0.1) is 35.5 Å². The molecule has 6 atom stereocenters. The van der Waals surface area contributed by atoms with E-state index in [9.17, 15) is 0 Å². The molecule has 3 fully saturated rings. The summed E-state index contributed by atoms with van der Waals surface area (Å²) in [6.07, 6.45) is 4.70. The molecule has 0 saturated heterocycles. The molecule has 6 unspecified atom stereocenters. The highest BCUT2D eigenvalue weighted by Gasteiger charge is 2.59. The van der Waals surface area contributed by atoms with Gasteiger partial charge in [0.1, 0.15) is 0 Å². The van der Waals surface area contributed by atoms with E-state index >= 15 is 0 Å². The summed E-state index contributed by atoms with van der Waals surface area (Å²) in [5.74, 6) is 6.82. The second-order valence-corrected chi connectivity index (χ2v) is 5.23. The van der Waals surface area contributed by atoms with Crippen molar-refractivity contribution in [2.45, 2.75) is 33.1 Å². The Morgan fingerprint density at radius 1 is 1.00 bits per heavy atom. The first kappa shape index (κ1) is 6.51. The predicted octanol–water partition coefficient (Wildman–Crippen LogP) is 2.93. The van der Waals surface area contributed by atoms with Gasteiger partial charge in [-0.25, -0.2) is 0 Å². The largest absolute Gasteiger partial charge is 0.0622 e. The molecule has 0 N–H and O–H groups in total. The summed E-state index contributed by atoms with van der Waals surface area (Å²) in [6.45, 7) is 4.98. The Hall–Kier alpha value is 0. The molecule has 0 aliphatic heterocycles. The van der Waals surface area contributed by atoms with Gasteiger partial charge < -0.3 is 0 Å². The van der Waals surface area contributed by atoms with Crippen LogP contribution in [0.15, 0.2) is 0 Å². The minimum atomic E-state index is 1.07. The molecule has 0 aromatic carbocycles. The molecule has 0 nitrogen and oxygen atoms in total. The second kappa shape index (κ2) is 1.84. The van der Waals surface area contributed by atoms with Crippen molar-refractivity contribution in [2.75, 3.05) is 0 Å². The average Bonchev–Trinajstić information content (AvgIpc) is 2.37. The topological polar surface area (TPSA) is 0 Å². The first-order valence-corrected chi connectivity index (χ1v) is 5.29. The zero-order valence-electron chi connectivity index (χ0n) is 7.59. The van der Waals surface area contributed by atoms with E-state index in [1.165, 1.54) is 5.92 Å². The van der Waals surface area contributed by atoms with Gasteiger partial charge in [-0.2, -0.15) is 0 Å². The van der Waals surface area contributed by atoms with Crippen LogP contribution < -0.4 is 0 Å². The third kappa shape index (κ3) is 0.588. The fourth-order valence-corrected chi connectivity index (χ4v) is 4.65. The highest BCUT2D eigenvalue weighted by molar-refractivity contribution is 5.08. The van der Waals surface area contributed by atoms with Crippen LogP contribution in [0.2, 0.25) is 0 Å². The van der Waals surface area contributed by atoms with E-state index in [0.717, 1.165) is 29.6 Å². The highest BCUT2D eigenvalue weighted by Crippen LogP contribution is 2.66. The quantitative estimate of drug-likeness (QED) is 0.498. The van der Waals surface area contributed by atoms with E-state index < -0.39 is 0 Å². The lowest BCUT2D eigenvalue weighted by Crippen LogP contribution is -2.42. The van der Waals surface area contributed by atoms with Gasteiger partial charge in [0.2, 0.25) is 0 Å². The molecular weight excluding hydrogens is 132 g/mol. The molecule has 0 amide bonds. The third-order valence-corrected chi connectivity index (χ3v) is 4.97. The molecule has 0 heteroatoms. The predicted molar refractivity (Wildman–Crippen MR) is 46.1 cm³/mol. The Bertz CT molecular complexity index is 182. The summed E-state index contributed by atoms with van der Waals surface area (Å²) in [5, 5.41) is 0. The molecule has 0 aromatic rings. The second-order valence-electron chi connectivity index (χ2n) is 5.23. The molecule has 11 heavy (non-hydrogen) atoms. The van der Waals surface area contributed by atoms with Crippen molar-refractivity contribution in [2.24, 2.45) is 35.5 Å². The molecule has 3 rings (SSSR count). The monoisotopic (exact) mass is 150 g/mol. The molecule has 3 saturated carbocycles. The van der Waals surface area contributed by atoms with Gasteiger partial charge in [0.15, 0.2) is 0 Å². The van der Waals surface area contributed by atoms with E-state index in [1.54, 1.807) is 19.3 Å². The highest BCUT2D eigenvalue weighted by atomic mass is 14.6. The van der Waals surface area contributed by atoms with E-state index in [1.807, 2.05) is 0 Å². The number of hydrogen-bond donors (Lipinski definition) is 0.